The summed E-state index contributed by atoms with van der Waals surface area (Å²) in [6.07, 6.45) is 1.80. The van der Waals surface area contributed by atoms with Crippen molar-refractivity contribution in [3.8, 4) is 28.7 Å². The monoisotopic (exact) mass is 1790 g/mol. The number of rotatable bonds is 30. The highest BCUT2D eigenvalue weighted by molar-refractivity contribution is 5.94. The lowest BCUT2D eigenvalue weighted by Gasteiger charge is -2.18. The minimum Gasteiger partial charge on any atom is -0.497 e. The fourth-order valence-electron chi connectivity index (χ4n) is 17.1. The van der Waals surface area contributed by atoms with Crippen LogP contribution in [0.2, 0.25) is 0 Å². The van der Waals surface area contributed by atoms with Crippen molar-refractivity contribution in [3.63, 3.8) is 0 Å². The molecule has 20 nitrogen and oxygen atoms in total. The van der Waals surface area contributed by atoms with Gasteiger partial charge in [0.2, 0.25) is 29.5 Å². The summed E-state index contributed by atoms with van der Waals surface area (Å²) in [4.78, 5) is 123. The first kappa shape index (κ1) is 98.1. The number of halogens is 6. The first-order valence-corrected chi connectivity index (χ1v) is 43.4. The molecule has 0 radical (unpaired) electrons. The lowest BCUT2D eigenvalue weighted by molar-refractivity contribution is -0.127. The van der Waals surface area contributed by atoms with Crippen molar-refractivity contribution in [2.75, 3.05) is 68.3 Å². The normalized spacial score (nSPS) is 19.2. The zero-order valence-corrected chi connectivity index (χ0v) is 74.9. The maximum absolute atomic E-state index is 14.4. The molecule has 5 aliphatic heterocycles. The van der Waals surface area contributed by atoms with Gasteiger partial charge in [0.25, 0.3) is 0 Å². The second-order valence-corrected chi connectivity index (χ2v) is 33.9. The predicted octanol–water partition coefficient (Wildman–Crippen LogP) is 16.0. The second-order valence-electron chi connectivity index (χ2n) is 33.9. The second kappa shape index (κ2) is 46.1. The summed E-state index contributed by atoms with van der Waals surface area (Å²) >= 11 is 0. The Hall–Kier alpha value is -13.5. The quantitative estimate of drug-likeness (QED) is 0.0262. The van der Waals surface area contributed by atoms with Gasteiger partial charge in [-0.15, -0.1) is 0 Å². The molecule has 0 unspecified atom stereocenters. The highest BCUT2D eigenvalue weighted by Gasteiger charge is 2.44. The minimum atomic E-state index is -0.791. The maximum Gasteiger partial charge on any atom is 0.224 e. The number of carbonyl (C=O) groups excluding carboxylic acids is 10. The van der Waals surface area contributed by atoms with Crippen LogP contribution in [-0.2, 0) is 80.0 Å². The van der Waals surface area contributed by atoms with Gasteiger partial charge >= 0.3 is 0 Å². The van der Waals surface area contributed by atoms with Crippen LogP contribution in [0.1, 0.15) is 145 Å². The lowest BCUT2D eigenvalue weighted by Crippen LogP contribution is -2.23. The number of Topliss-reactive ketones (excluding diaryl/α,β-unsaturated/α-hetero) is 5. The Morgan fingerprint density at radius 3 is 0.885 bits per heavy atom. The average molecular weight is 1800 g/mol. The molecule has 686 valence electrons. The van der Waals surface area contributed by atoms with E-state index >= 15 is 0 Å². The fraction of sp³-hybridized carbons (Fsp3) is 0.333. The number of benzene rings is 10. The Balaban J connectivity index is 0.000000158. The maximum atomic E-state index is 14.4. The van der Waals surface area contributed by atoms with Gasteiger partial charge in [-0.2, -0.15) is 0 Å². The third-order valence-electron chi connectivity index (χ3n) is 24.5. The van der Waals surface area contributed by atoms with E-state index in [0.29, 0.717) is 49.4 Å². The van der Waals surface area contributed by atoms with Crippen molar-refractivity contribution < 1.29 is 98.0 Å². The van der Waals surface area contributed by atoms with Crippen molar-refractivity contribution in [3.05, 3.63) is 325 Å². The van der Waals surface area contributed by atoms with Gasteiger partial charge in [-0.3, -0.25) is 47.9 Å². The van der Waals surface area contributed by atoms with Gasteiger partial charge in [-0.05, 0) is 121 Å². The molecule has 5 saturated heterocycles. The molecule has 5 amide bonds. The van der Waals surface area contributed by atoms with E-state index in [4.69, 9.17) is 23.7 Å². The molecule has 0 spiro atoms. The van der Waals surface area contributed by atoms with Gasteiger partial charge in [-0.1, -0.05) is 173 Å². The Morgan fingerprint density at radius 1 is 0.267 bits per heavy atom. The molecule has 0 aliphatic carbocycles. The molecular formula is C105H109F6N5O15. The van der Waals surface area contributed by atoms with Crippen molar-refractivity contribution in [1.29, 1.82) is 0 Å². The molecule has 10 aromatic rings. The molecule has 26 heteroatoms. The van der Waals surface area contributed by atoms with Gasteiger partial charge < -0.3 is 50.3 Å². The molecule has 5 N–H and O–H groups in total. The first-order chi connectivity index (χ1) is 62.8. The number of ketones is 5. The summed E-state index contributed by atoms with van der Waals surface area (Å²) in [6.45, 7) is 11.5. The average Bonchev–Trinajstić information content (AvgIpc) is 1.73. The van der Waals surface area contributed by atoms with Crippen LogP contribution in [0.3, 0.4) is 0 Å². The van der Waals surface area contributed by atoms with Gasteiger partial charge in [0.1, 0.15) is 69.4 Å². The highest BCUT2D eigenvalue weighted by Crippen LogP contribution is 2.41. The molecule has 5 fully saturated rings. The van der Waals surface area contributed by atoms with E-state index in [2.05, 4.69) is 26.6 Å². The fourth-order valence-corrected chi connectivity index (χ4v) is 17.1. The Kier molecular flexibility index (Phi) is 34.5. The van der Waals surface area contributed by atoms with Crippen LogP contribution in [0.25, 0.3) is 0 Å². The topological polar surface area (TPSA) is 277 Å². The van der Waals surface area contributed by atoms with Crippen molar-refractivity contribution in [1.82, 2.24) is 26.6 Å². The molecule has 10 aromatic carbocycles. The van der Waals surface area contributed by atoms with Crippen LogP contribution in [0, 0.1) is 99.1 Å². The lowest BCUT2D eigenvalue weighted by atomic mass is 9.84. The zero-order chi connectivity index (χ0) is 94.3. The van der Waals surface area contributed by atoms with E-state index in [0.717, 1.165) is 85.6 Å². The van der Waals surface area contributed by atoms with Gasteiger partial charge in [0, 0.05) is 156 Å². The van der Waals surface area contributed by atoms with Crippen LogP contribution < -0.4 is 50.3 Å². The van der Waals surface area contributed by atoms with E-state index in [1.807, 2.05) is 180 Å². The summed E-state index contributed by atoms with van der Waals surface area (Å²) in [5.41, 5.74) is 12.3. The largest absolute Gasteiger partial charge is 0.497 e. The molecule has 0 aromatic heterocycles. The van der Waals surface area contributed by atoms with Gasteiger partial charge in [0.05, 0.1) is 65.1 Å². The molecule has 131 heavy (non-hydrogen) atoms. The molecule has 5 aliphatic rings. The Morgan fingerprint density at radius 2 is 0.550 bits per heavy atom. The first-order valence-electron chi connectivity index (χ1n) is 43.4. The van der Waals surface area contributed by atoms with Crippen LogP contribution in [-0.4, -0.2) is 127 Å². The molecule has 0 bridgehead atoms. The zero-order valence-electron chi connectivity index (χ0n) is 74.9. The van der Waals surface area contributed by atoms with Crippen molar-refractivity contribution in [2.45, 2.75) is 128 Å². The smallest absolute Gasteiger partial charge is 0.224 e. The third-order valence-corrected chi connectivity index (χ3v) is 24.5. The number of aryl methyl sites for hydroxylation is 5. The number of amides is 5. The number of methoxy groups -OCH3 is 5. The van der Waals surface area contributed by atoms with E-state index in [1.165, 1.54) is 46.1 Å². The number of carbonyl (C=O) groups is 10. The molecule has 10 atom stereocenters. The SMILES string of the molecule is COc1cc(F)c([C@@H]2CNC(=O)[C@H]2CC(=O)Cc2ccc(C)cc2)c(F)c1.COc1cc(F)c([C@@H]2CNC(=O)[C@H]2CC(=O)Cc2ccc(C)cc2)cc1F.COc1ccc([C@@H]2CNC(=O)[C@H]2CC(=O)Cc2ccc(C)cc2)c(F)c1.COc1ccc([C@@H]2CNC(=O)[C@H]2CC(=O)Cc2ccc(C)cc2)cc1.COc1ccc([C@@H]2CNC(=O)[C@H]2CC(=O)Cc2ccc(C)cc2)cc1F. The minimum absolute atomic E-state index is 0.00915. The van der Waals surface area contributed by atoms with Gasteiger partial charge in [0.15, 0.2) is 23.1 Å². The Labute approximate surface area is 758 Å². The highest BCUT2D eigenvalue weighted by atomic mass is 19.2. The summed E-state index contributed by atoms with van der Waals surface area (Å²) in [5, 5.41) is 13.7. The standard InChI is InChI=1S/2C21H21F2NO3.2C21H22FNO3.C21H23NO3/c1-12-3-5-13(6-4-12)7-14(25)8-16-17(11-24-21(16)26)15-9-19(23)20(27-2)10-18(15)22;1-12-3-5-13(6-4-12)7-14(25)8-16-17(11-24-21(16)26)20-18(22)9-15(27-2)10-19(20)23;1-13-3-5-14(6-4-13)9-15(24)10-18-19(12-23-21(18)25)17-8-7-16(26-2)11-20(17)22;1-13-3-5-14(6-4-13)9-16(24)11-17-18(12-23-21(17)25)15-7-8-20(26-2)19(22)10-15;1-14-3-5-15(6-4-14)11-17(23)12-19-20(13-22-21(19)24)16-7-9-18(25-2)10-8-16/h2*3-6,9-10,16-17H,7-8,11H2,1-2H3,(H,24,26);3-8,11,18-19H,9-10,12H2,1-2H3,(H,23,25);3-8,10,17-18H,9,11-12H2,1-2H3,(H,23,25);3-10,19-20H,11-13H2,1-2H3,(H,22,24)/t16-,17-;16-,17+;18-,19-;17-,18-;19-,20-/m00000/s1. The summed E-state index contributed by atoms with van der Waals surface area (Å²) in [7, 11) is 7.08. The Bertz CT molecular complexity index is 5720. The summed E-state index contributed by atoms with van der Waals surface area (Å²) in [5.74, 6) is -8.41. The van der Waals surface area contributed by atoms with Crippen LogP contribution >= 0.6 is 0 Å². The number of hydrogen-bond donors (Lipinski definition) is 5. The molecule has 5 heterocycles. The van der Waals surface area contributed by atoms with E-state index in [9.17, 15) is 74.3 Å². The van der Waals surface area contributed by atoms with E-state index in [1.54, 1.807) is 31.4 Å². The van der Waals surface area contributed by atoms with Crippen molar-refractivity contribution in [2.24, 2.45) is 29.6 Å². The summed E-state index contributed by atoms with van der Waals surface area (Å²) in [6, 6.07) is 59.9. The van der Waals surface area contributed by atoms with E-state index in [-0.39, 0.29) is 175 Å². The number of nitrogens with one attached hydrogen (secondary N) is 5. The van der Waals surface area contributed by atoms with Crippen molar-refractivity contribution >= 4 is 58.5 Å². The molecular weight excluding hydrogens is 1690 g/mol. The molecule has 0 saturated carbocycles. The number of ether oxygens (including phenoxy) is 5. The van der Waals surface area contributed by atoms with Gasteiger partial charge in [-0.25, -0.2) is 26.3 Å². The number of hydrogen-bond acceptors (Lipinski definition) is 15. The van der Waals surface area contributed by atoms with Crippen LogP contribution in [0.15, 0.2) is 206 Å². The summed E-state index contributed by atoms with van der Waals surface area (Å²) < 4.78 is 111. The van der Waals surface area contributed by atoms with E-state index < -0.39 is 70.4 Å². The van der Waals surface area contributed by atoms with Crippen LogP contribution in [0.4, 0.5) is 26.3 Å². The predicted molar refractivity (Wildman–Crippen MR) is 483 cm³/mol. The third kappa shape index (κ3) is 26.6. The van der Waals surface area contributed by atoms with Crippen LogP contribution in [0.5, 0.6) is 28.7 Å². The molecule has 15 rings (SSSR count).